The summed E-state index contributed by atoms with van der Waals surface area (Å²) in [5.41, 5.74) is 2.19. The van der Waals surface area contributed by atoms with Gasteiger partial charge in [-0.05, 0) is 43.0 Å². The number of carboxylic acid groups (broad SMARTS) is 2. The number of hydrogen-bond donors (Lipinski definition) is 3. The third kappa shape index (κ3) is 7.85. The Morgan fingerprint density at radius 3 is 2.25 bits per heavy atom. The number of rotatable bonds is 4. The Bertz CT molecular complexity index is 532. The number of benzene rings is 1. The third-order valence-electron chi connectivity index (χ3n) is 4.12. The molecule has 1 aliphatic rings. The first-order valence-corrected chi connectivity index (χ1v) is 8.27. The molecule has 3 N–H and O–H groups in total. The Kier molecular flexibility index (Phi) is 8.68. The molecule has 0 saturated heterocycles. The van der Waals surface area contributed by atoms with Gasteiger partial charge in [0.25, 0.3) is 0 Å². The molecule has 1 aliphatic carbocycles. The average Bonchev–Trinajstić information content (AvgIpc) is 2.77. The zero-order chi connectivity index (χ0) is 17.9. The van der Waals surface area contributed by atoms with Gasteiger partial charge in [0, 0.05) is 6.04 Å². The largest absolute Gasteiger partial charge is 0.503 e. The summed E-state index contributed by atoms with van der Waals surface area (Å²) in [6.07, 6.45) is 6.00. The first kappa shape index (κ1) is 19.8. The lowest BCUT2D eigenvalue weighted by Gasteiger charge is -2.16. The van der Waals surface area contributed by atoms with Gasteiger partial charge in [0.2, 0.25) is 5.91 Å². The smallest absolute Gasteiger partial charge is 0.497 e. The number of methoxy groups -OCH3 is 1. The van der Waals surface area contributed by atoms with Gasteiger partial charge in [0.05, 0.1) is 13.5 Å². The van der Waals surface area contributed by atoms with Crippen molar-refractivity contribution in [1.29, 1.82) is 0 Å². The van der Waals surface area contributed by atoms with E-state index in [4.69, 9.17) is 19.7 Å². The van der Waals surface area contributed by atoms with Crippen LogP contribution in [0.1, 0.15) is 49.7 Å². The fourth-order valence-corrected chi connectivity index (χ4v) is 2.87. The molecule has 6 heteroatoms. The lowest BCUT2D eigenvalue weighted by atomic mass is 10.0. The van der Waals surface area contributed by atoms with Gasteiger partial charge in [-0.3, -0.25) is 4.79 Å². The van der Waals surface area contributed by atoms with Crippen LogP contribution in [0.15, 0.2) is 18.2 Å². The molecule has 0 spiro atoms. The standard InChI is InChI=1S/C17H25NO2.CH2O3/c1-13-11-16(20-2)10-9-14(13)12-17(19)18-15-7-5-3-4-6-8-15;2-1(3)4/h9-11,15H,3-8,12H2,1-2H3,(H,18,19);(H2,2,3,4). The molecule has 1 saturated carbocycles. The van der Waals surface area contributed by atoms with Crippen LogP contribution in [0.4, 0.5) is 4.79 Å². The minimum Gasteiger partial charge on any atom is -0.497 e. The highest BCUT2D eigenvalue weighted by atomic mass is 16.6. The summed E-state index contributed by atoms with van der Waals surface area (Å²) in [7, 11) is 1.66. The van der Waals surface area contributed by atoms with Crippen molar-refractivity contribution in [2.24, 2.45) is 0 Å². The van der Waals surface area contributed by atoms with E-state index < -0.39 is 6.16 Å². The maximum absolute atomic E-state index is 12.2. The van der Waals surface area contributed by atoms with Gasteiger partial charge < -0.3 is 20.3 Å². The lowest BCUT2D eigenvalue weighted by molar-refractivity contribution is -0.121. The van der Waals surface area contributed by atoms with E-state index in [2.05, 4.69) is 5.32 Å². The van der Waals surface area contributed by atoms with Gasteiger partial charge >= 0.3 is 6.16 Å². The van der Waals surface area contributed by atoms with Gasteiger partial charge in [-0.15, -0.1) is 0 Å². The topological polar surface area (TPSA) is 95.9 Å². The summed E-state index contributed by atoms with van der Waals surface area (Å²) in [4.78, 5) is 20.7. The van der Waals surface area contributed by atoms with E-state index in [1.807, 2.05) is 25.1 Å². The van der Waals surface area contributed by atoms with Crippen LogP contribution in [-0.2, 0) is 11.2 Å². The maximum atomic E-state index is 12.2. The fraction of sp³-hybridized carbons (Fsp3) is 0.556. The SMILES string of the molecule is COc1ccc(CC(=O)NC2CCCCCC2)c(C)c1.O=C(O)O. The van der Waals surface area contributed by atoms with E-state index in [9.17, 15) is 4.79 Å². The van der Waals surface area contributed by atoms with E-state index in [1.165, 1.54) is 25.7 Å². The second-order valence-corrected chi connectivity index (χ2v) is 6.01. The number of ether oxygens (including phenoxy) is 1. The average molecular weight is 337 g/mol. The first-order chi connectivity index (χ1) is 11.4. The van der Waals surface area contributed by atoms with E-state index in [0.717, 1.165) is 29.7 Å². The van der Waals surface area contributed by atoms with Crippen molar-refractivity contribution < 1.29 is 24.5 Å². The molecule has 24 heavy (non-hydrogen) atoms. The van der Waals surface area contributed by atoms with Crippen LogP contribution in [0.25, 0.3) is 0 Å². The number of aryl methyl sites for hydroxylation is 1. The van der Waals surface area contributed by atoms with Crippen LogP contribution < -0.4 is 10.1 Å². The third-order valence-corrected chi connectivity index (χ3v) is 4.12. The van der Waals surface area contributed by atoms with Crippen molar-refractivity contribution >= 4 is 12.1 Å². The van der Waals surface area contributed by atoms with Crippen molar-refractivity contribution in [3.8, 4) is 5.75 Å². The molecule has 0 aliphatic heterocycles. The highest BCUT2D eigenvalue weighted by Crippen LogP contribution is 2.19. The zero-order valence-corrected chi connectivity index (χ0v) is 14.4. The first-order valence-electron chi connectivity index (χ1n) is 8.27. The molecule has 0 unspecified atom stereocenters. The molecule has 0 atom stereocenters. The van der Waals surface area contributed by atoms with Gasteiger partial charge in [0.1, 0.15) is 5.75 Å². The Balaban J connectivity index is 0.000000648. The number of amides is 1. The molecular weight excluding hydrogens is 310 g/mol. The van der Waals surface area contributed by atoms with Crippen molar-refractivity contribution in [3.63, 3.8) is 0 Å². The van der Waals surface area contributed by atoms with E-state index in [1.54, 1.807) is 7.11 Å². The van der Waals surface area contributed by atoms with Crippen LogP contribution >= 0.6 is 0 Å². The van der Waals surface area contributed by atoms with Crippen LogP contribution in [0.2, 0.25) is 0 Å². The second kappa shape index (κ2) is 10.5. The fourth-order valence-electron chi connectivity index (χ4n) is 2.87. The number of nitrogens with one attached hydrogen (secondary N) is 1. The molecule has 0 bridgehead atoms. The van der Waals surface area contributed by atoms with Crippen LogP contribution in [-0.4, -0.2) is 35.4 Å². The maximum Gasteiger partial charge on any atom is 0.503 e. The van der Waals surface area contributed by atoms with Crippen molar-refractivity contribution in [3.05, 3.63) is 29.3 Å². The van der Waals surface area contributed by atoms with Gasteiger partial charge in [-0.25, -0.2) is 4.79 Å². The van der Waals surface area contributed by atoms with Crippen LogP contribution in [0.3, 0.4) is 0 Å². The molecule has 134 valence electrons. The molecule has 0 aromatic heterocycles. The monoisotopic (exact) mass is 337 g/mol. The zero-order valence-electron chi connectivity index (χ0n) is 14.4. The predicted molar refractivity (Wildman–Crippen MR) is 91.7 cm³/mol. The molecule has 1 amide bonds. The molecule has 2 rings (SSSR count). The van der Waals surface area contributed by atoms with E-state index in [0.29, 0.717) is 12.5 Å². The molecule has 0 radical (unpaired) electrons. The number of hydrogen-bond acceptors (Lipinski definition) is 3. The summed E-state index contributed by atoms with van der Waals surface area (Å²) >= 11 is 0. The van der Waals surface area contributed by atoms with Gasteiger partial charge in [0.15, 0.2) is 0 Å². The van der Waals surface area contributed by atoms with E-state index in [-0.39, 0.29) is 5.91 Å². The quantitative estimate of drug-likeness (QED) is 0.729. The molecule has 0 heterocycles. The molecule has 1 fully saturated rings. The Labute approximate surface area is 142 Å². The normalized spacial score (nSPS) is 14.8. The summed E-state index contributed by atoms with van der Waals surface area (Å²) in [5, 5.41) is 17.1. The molecule has 1 aromatic carbocycles. The van der Waals surface area contributed by atoms with Crippen molar-refractivity contribution in [2.75, 3.05) is 7.11 Å². The van der Waals surface area contributed by atoms with Crippen molar-refractivity contribution in [2.45, 2.75) is 57.9 Å². The number of carbonyl (C=O) groups excluding carboxylic acids is 1. The highest BCUT2D eigenvalue weighted by Gasteiger charge is 2.15. The second-order valence-electron chi connectivity index (χ2n) is 6.01. The summed E-state index contributed by atoms with van der Waals surface area (Å²) in [6.45, 7) is 2.02. The number of carbonyl (C=O) groups is 2. The summed E-state index contributed by atoms with van der Waals surface area (Å²) in [5.74, 6) is 0.987. The van der Waals surface area contributed by atoms with E-state index >= 15 is 0 Å². The Morgan fingerprint density at radius 1 is 1.17 bits per heavy atom. The molecule has 1 aromatic rings. The Hall–Kier alpha value is -2.24. The van der Waals surface area contributed by atoms with Crippen LogP contribution in [0.5, 0.6) is 5.75 Å². The van der Waals surface area contributed by atoms with Gasteiger partial charge in [-0.1, -0.05) is 31.7 Å². The minimum atomic E-state index is -1.83. The highest BCUT2D eigenvalue weighted by molar-refractivity contribution is 5.79. The predicted octanol–water partition coefficient (Wildman–Crippen LogP) is 3.61. The lowest BCUT2D eigenvalue weighted by Crippen LogP contribution is -2.35. The molecule has 6 nitrogen and oxygen atoms in total. The summed E-state index contributed by atoms with van der Waals surface area (Å²) in [6, 6.07) is 6.26. The van der Waals surface area contributed by atoms with Crippen LogP contribution in [0, 0.1) is 6.92 Å². The van der Waals surface area contributed by atoms with Gasteiger partial charge in [-0.2, -0.15) is 0 Å². The molecular formula is C18H27NO5. The summed E-state index contributed by atoms with van der Waals surface area (Å²) < 4.78 is 5.19. The Morgan fingerprint density at radius 2 is 1.75 bits per heavy atom. The van der Waals surface area contributed by atoms with Crippen molar-refractivity contribution in [1.82, 2.24) is 5.32 Å². The minimum absolute atomic E-state index is 0.144.